The minimum absolute atomic E-state index is 0.0151. The zero-order valence-electron chi connectivity index (χ0n) is 33.6. The number of benzene rings is 1. The van der Waals surface area contributed by atoms with Crippen LogP contribution in [0, 0.1) is 11.8 Å². The topological polar surface area (TPSA) is 222 Å². The zero-order valence-corrected chi connectivity index (χ0v) is 33.6. The lowest BCUT2D eigenvalue weighted by Gasteiger charge is -2.34. The van der Waals surface area contributed by atoms with E-state index >= 15 is 8.78 Å². The lowest BCUT2D eigenvalue weighted by molar-refractivity contribution is -0.153. The maximum atomic E-state index is 16.1. The molecule has 0 bridgehead atoms. The number of halogens is 2. The molecule has 312 valence electrons. The highest BCUT2D eigenvalue weighted by molar-refractivity contribution is 5.93. The number of nitrogens with zero attached hydrogens (tertiary/aromatic N) is 2. The molecule has 57 heavy (non-hydrogen) atoms. The Balaban J connectivity index is 1.85. The number of alkyl carbamates (subject to hydrolysis) is 1. The van der Waals surface area contributed by atoms with Crippen molar-refractivity contribution in [3.05, 3.63) is 84.2 Å². The van der Waals surface area contributed by atoms with Gasteiger partial charge in [-0.2, -0.15) is 8.78 Å². The second-order valence-electron chi connectivity index (χ2n) is 15.5. The summed E-state index contributed by atoms with van der Waals surface area (Å²) >= 11 is 0. The van der Waals surface area contributed by atoms with Gasteiger partial charge in [0.15, 0.2) is 0 Å². The number of aromatic nitrogens is 3. The van der Waals surface area contributed by atoms with E-state index in [1.165, 1.54) is 12.5 Å². The number of amides is 5. The van der Waals surface area contributed by atoms with Crippen LogP contribution in [0.25, 0.3) is 0 Å². The molecule has 2 heterocycles. The minimum Gasteiger partial charge on any atom is -0.444 e. The summed E-state index contributed by atoms with van der Waals surface area (Å²) < 4.78 is 37.6. The highest BCUT2D eigenvalue weighted by Gasteiger charge is 2.50. The van der Waals surface area contributed by atoms with Gasteiger partial charge in [-0.3, -0.25) is 24.2 Å². The first-order chi connectivity index (χ1) is 26.8. The van der Waals surface area contributed by atoms with Crippen LogP contribution in [-0.4, -0.2) is 86.4 Å². The lowest BCUT2D eigenvalue weighted by Crippen LogP contribution is -2.65. The Hall–Kier alpha value is -5.45. The zero-order chi connectivity index (χ0) is 42.3. The number of nitrogens with one attached hydrogen (secondary N) is 6. The molecule has 6 atom stereocenters. The molecule has 0 saturated heterocycles. The monoisotopic (exact) mass is 797 g/mol. The lowest BCUT2D eigenvalue weighted by atomic mass is 9.92. The van der Waals surface area contributed by atoms with E-state index in [4.69, 9.17) is 10.5 Å². The van der Waals surface area contributed by atoms with E-state index in [-0.39, 0.29) is 31.7 Å². The number of ether oxygens (including phenoxy) is 1. The van der Waals surface area contributed by atoms with E-state index in [0.29, 0.717) is 23.4 Å². The maximum absolute atomic E-state index is 16.1. The molecule has 0 fully saturated rings. The number of imidazole rings is 1. The summed E-state index contributed by atoms with van der Waals surface area (Å²) in [6, 6.07) is 6.35. The number of pyridine rings is 1. The Kier molecular flexibility index (Phi) is 17.1. The van der Waals surface area contributed by atoms with Crippen LogP contribution in [0.2, 0.25) is 0 Å². The number of aromatic amines is 1. The van der Waals surface area contributed by atoms with E-state index in [1.54, 1.807) is 103 Å². The van der Waals surface area contributed by atoms with E-state index in [1.807, 2.05) is 0 Å². The van der Waals surface area contributed by atoms with Crippen LogP contribution in [-0.2, 0) is 43.3 Å². The summed E-state index contributed by atoms with van der Waals surface area (Å²) in [5.74, 6) is -9.16. The van der Waals surface area contributed by atoms with Crippen molar-refractivity contribution in [2.24, 2.45) is 17.6 Å². The van der Waals surface area contributed by atoms with Gasteiger partial charge < -0.3 is 42.0 Å². The SMILES string of the molecule is CC[C@H](C)[C@H](NC(=O)C(F)(F)[C@@H](N)[C@H](CC(C)C)NC(=O)[C@H](Cc1cnc[nH]1)NC(=O)[C@H](Cc1ccccc1)NC(=O)OC(C)(C)C)C(=O)NCc1ccccn1. The summed E-state index contributed by atoms with van der Waals surface area (Å²) in [7, 11) is 0. The largest absolute Gasteiger partial charge is 0.444 e. The van der Waals surface area contributed by atoms with E-state index in [9.17, 15) is 24.0 Å². The molecule has 0 spiro atoms. The van der Waals surface area contributed by atoms with E-state index in [0.717, 1.165) is 0 Å². The number of nitrogens with two attached hydrogens (primary N) is 1. The van der Waals surface area contributed by atoms with Crippen LogP contribution in [0.1, 0.15) is 78.3 Å². The quantitative estimate of drug-likeness (QED) is 0.0890. The average molecular weight is 798 g/mol. The summed E-state index contributed by atoms with van der Waals surface area (Å²) in [4.78, 5) is 78.2. The summed E-state index contributed by atoms with van der Waals surface area (Å²) in [5, 5.41) is 12.6. The van der Waals surface area contributed by atoms with Crippen LogP contribution >= 0.6 is 0 Å². The van der Waals surface area contributed by atoms with Gasteiger partial charge in [0.1, 0.15) is 23.7 Å². The molecule has 0 aliphatic heterocycles. The van der Waals surface area contributed by atoms with Crippen molar-refractivity contribution in [3.8, 4) is 0 Å². The molecule has 3 rings (SSSR count). The fourth-order valence-electron chi connectivity index (χ4n) is 5.83. The Morgan fingerprint density at radius 3 is 2.09 bits per heavy atom. The Morgan fingerprint density at radius 2 is 1.51 bits per heavy atom. The first-order valence-corrected chi connectivity index (χ1v) is 19.0. The number of rotatable bonds is 20. The fourth-order valence-corrected chi connectivity index (χ4v) is 5.83. The van der Waals surface area contributed by atoms with Crippen LogP contribution < -0.4 is 32.3 Å². The number of hydrogen-bond acceptors (Lipinski definition) is 9. The number of H-pyrrole nitrogens is 1. The van der Waals surface area contributed by atoms with Crippen molar-refractivity contribution in [1.29, 1.82) is 0 Å². The van der Waals surface area contributed by atoms with Gasteiger partial charge in [0.2, 0.25) is 17.7 Å². The van der Waals surface area contributed by atoms with Crippen molar-refractivity contribution in [2.45, 2.75) is 122 Å². The smallest absolute Gasteiger partial charge is 0.408 e. The highest BCUT2D eigenvalue weighted by Crippen LogP contribution is 2.25. The van der Waals surface area contributed by atoms with Crippen molar-refractivity contribution in [3.63, 3.8) is 0 Å². The molecule has 0 saturated carbocycles. The van der Waals surface area contributed by atoms with Gasteiger partial charge in [0, 0.05) is 30.9 Å². The third-order valence-corrected chi connectivity index (χ3v) is 9.06. The second-order valence-corrected chi connectivity index (χ2v) is 15.5. The molecular formula is C40H57F2N9O6. The van der Waals surface area contributed by atoms with Gasteiger partial charge in [-0.05, 0) is 56.7 Å². The maximum Gasteiger partial charge on any atom is 0.408 e. The van der Waals surface area contributed by atoms with Crippen LogP contribution in [0.4, 0.5) is 13.6 Å². The standard InChI is InChI=1S/C40H57F2N9O6/c1-8-25(4)32(36(54)46-22-27-16-12-13-17-45-27)51-37(55)40(41,42)33(43)29(18-24(2)3)48-35(53)31(20-28-21-44-23-47-28)49-34(52)30(19-26-14-10-9-11-15-26)50-38(56)57-39(5,6)7/h9-17,21,23-25,29-33H,8,18-20,22,43H2,1-7H3,(H,44,47)(H,46,54)(H,48,53)(H,49,52)(H,50,56)(H,51,55)/t25-,29-,30-,31-,32-,33-/m0/s1. The molecule has 0 aliphatic carbocycles. The Morgan fingerprint density at radius 1 is 0.860 bits per heavy atom. The van der Waals surface area contributed by atoms with Crippen molar-refractivity contribution in [2.75, 3.05) is 0 Å². The van der Waals surface area contributed by atoms with E-state index in [2.05, 4.69) is 41.5 Å². The molecule has 1 aromatic carbocycles. The first-order valence-electron chi connectivity index (χ1n) is 19.0. The molecule has 0 unspecified atom stereocenters. The second kappa shape index (κ2) is 21.2. The van der Waals surface area contributed by atoms with Crippen LogP contribution in [0.15, 0.2) is 67.3 Å². The predicted octanol–water partition coefficient (Wildman–Crippen LogP) is 3.31. The van der Waals surface area contributed by atoms with Gasteiger partial charge >= 0.3 is 12.0 Å². The third kappa shape index (κ3) is 14.9. The summed E-state index contributed by atoms with van der Waals surface area (Å²) in [6.45, 7) is 11.9. The molecule has 3 aromatic rings. The van der Waals surface area contributed by atoms with Gasteiger partial charge in [-0.1, -0.05) is 70.5 Å². The molecule has 0 radical (unpaired) electrons. The molecule has 15 nitrogen and oxygen atoms in total. The average Bonchev–Trinajstić information content (AvgIpc) is 3.67. The van der Waals surface area contributed by atoms with Crippen molar-refractivity contribution >= 4 is 29.7 Å². The number of hydrogen-bond donors (Lipinski definition) is 7. The van der Waals surface area contributed by atoms with Crippen LogP contribution in [0.5, 0.6) is 0 Å². The Bertz CT molecular complexity index is 1740. The normalized spacial score (nSPS) is 14.9. The van der Waals surface area contributed by atoms with E-state index < -0.39 is 77.4 Å². The van der Waals surface area contributed by atoms with Gasteiger partial charge in [-0.15, -0.1) is 0 Å². The summed E-state index contributed by atoms with van der Waals surface area (Å²) in [6.07, 6.45) is 3.69. The highest BCUT2D eigenvalue weighted by atomic mass is 19.3. The van der Waals surface area contributed by atoms with Crippen molar-refractivity contribution in [1.82, 2.24) is 41.5 Å². The van der Waals surface area contributed by atoms with Gasteiger partial charge in [0.25, 0.3) is 5.91 Å². The number of carbonyl (C=O) groups excluding carboxylic acids is 5. The molecule has 5 amide bonds. The number of alkyl halides is 2. The van der Waals surface area contributed by atoms with Gasteiger partial charge in [0.05, 0.1) is 30.6 Å². The third-order valence-electron chi connectivity index (χ3n) is 9.06. The van der Waals surface area contributed by atoms with Crippen molar-refractivity contribution < 1.29 is 37.5 Å². The van der Waals surface area contributed by atoms with Gasteiger partial charge in [-0.25, -0.2) is 9.78 Å². The number of carbonyl (C=O) groups is 5. The molecule has 17 heteroatoms. The summed E-state index contributed by atoms with van der Waals surface area (Å²) in [5.41, 5.74) is 6.97. The molecular weight excluding hydrogens is 740 g/mol. The van der Waals surface area contributed by atoms with Crippen LogP contribution in [0.3, 0.4) is 0 Å². The fraction of sp³-hybridized carbons (Fsp3) is 0.525. The predicted molar refractivity (Wildman–Crippen MR) is 209 cm³/mol. The Labute approximate surface area is 332 Å². The minimum atomic E-state index is -4.26. The first kappa shape index (κ1) is 45.9. The molecule has 8 N–H and O–H groups in total. The molecule has 2 aromatic heterocycles. The molecule has 0 aliphatic rings.